The molecule has 2 rings (SSSR count). The van der Waals surface area contributed by atoms with Gasteiger partial charge < -0.3 is 15.0 Å². The van der Waals surface area contributed by atoms with Gasteiger partial charge in [0.05, 0.1) is 19.1 Å². The minimum Gasteiger partial charge on any atom is -0.497 e. The number of hydrogen-bond donors (Lipinski definition) is 1. The van der Waals surface area contributed by atoms with Crippen LogP contribution in [0.15, 0.2) is 48.5 Å². The third-order valence-electron chi connectivity index (χ3n) is 5.14. The molecule has 9 heteroatoms. The fourth-order valence-electron chi connectivity index (χ4n) is 3.25. The standard InChI is InChI=1S/C23H31N3O5S/c1-6-24-23(28)18(3)25(15-19-11-8-7-10-17(19)2)22(27)16-26(32(5,29)30)20-12-9-13-21(14-20)31-4/h7-14,18H,6,15-16H2,1-5H3,(H,24,28)/t18-/m1/s1. The van der Waals surface area contributed by atoms with Crippen molar-refractivity contribution in [1.29, 1.82) is 0 Å². The van der Waals surface area contributed by atoms with Crippen LogP contribution in [-0.2, 0) is 26.2 Å². The molecule has 0 saturated carbocycles. The normalized spacial score (nSPS) is 12.0. The molecule has 1 atom stereocenters. The van der Waals surface area contributed by atoms with Gasteiger partial charge in [-0.25, -0.2) is 8.42 Å². The number of rotatable bonds is 10. The minimum absolute atomic E-state index is 0.180. The van der Waals surface area contributed by atoms with Gasteiger partial charge >= 0.3 is 0 Å². The molecule has 2 amide bonds. The van der Waals surface area contributed by atoms with E-state index in [9.17, 15) is 18.0 Å². The average Bonchev–Trinajstić information content (AvgIpc) is 2.75. The number of nitrogens with one attached hydrogen (secondary N) is 1. The highest BCUT2D eigenvalue weighted by Crippen LogP contribution is 2.24. The Morgan fingerprint density at radius 1 is 1.12 bits per heavy atom. The minimum atomic E-state index is -3.78. The Labute approximate surface area is 190 Å². The molecule has 2 aromatic rings. The fraction of sp³-hybridized carbons (Fsp3) is 0.391. The van der Waals surface area contributed by atoms with E-state index in [4.69, 9.17) is 4.74 Å². The van der Waals surface area contributed by atoms with Gasteiger partial charge in [0.25, 0.3) is 0 Å². The Morgan fingerprint density at radius 2 is 1.81 bits per heavy atom. The lowest BCUT2D eigenvalue weighted by atomic mass is 10.1. The number of benzene rings is 2. The molecule has 1 N–H and O–H groups in total. The molecule has 0 fully saturated rings. The lowest BCUT2D eigenvalue weighted by Crippen LogP contribution is -2.51. The number of methoxy groups -OCH3 is 1. The van der Waals surface area contributed by atoms with Crippen LogP contribution in [0, 0.1) is 6.92 Å². The summed E-state index contributed by atoms with van der Waals surface area (Å²) in [6, 6.07) is 13.3. The van der Waals surface area contributed by atoms with E-state index in [-0.39, 0.29) is 12.5 Å². The molecule has 0 saturated heterocycles. The van der Waals surface area contributed by atoms with Gasteiger partial charge in [0.1, 0.15) is 18.3 Å². The number of aryl methyl sites for hydroxylation is 1. The average molecular weight is 462 g/mol. The second kappa shape index (κ2) is 11.0. The molecule has 0 radical (unpaired) electrons. The molecule has 0 heterocycles. The SMILES string of the molecule is CCNC(=O)[C@@H](C)N(Cc1ccccc1C)C(=O)CN(c1cccc(OC)c1)S(C)(=O)=O. The Bertz CT molecular complexity index is 1060. The largest absolute Gasteiger partial charge is 0.497 e. The highest BCUT2D eigenvalue weighted by atomic mass is 32.2. The third-order valence-corrected chi connectivity index (χ3v) is 6.28. The van der Waals surface area contributed by atoms with Crippen molar-refractivity contribution in [2.24, 2.45) is 0 Å². The van der Waals surface area contributed by atoms with Crippen LogP contribution in [0.4, 0.5) is 5.69 Å². The summed E-state index contributed by atoms with van der Waals surface area (Å²) in [5.41, 5.74) is 2.16. The Hall–Kier alpha value is -3.07. The number of carbonyl (C=O) groups excluding carboxylic acids is 2. The van der Waals surface area contributed by atoms with E-state index in [0.717, 1.165) is 21.7 Å². The molecule has 2 aromatic carbocycles. The molecule has 0 unspecified atom stereocenters. The van der Waals surface area contributed by atoms with Crippen LogP contribution in [0.3, 0.4) is 0 Å². The summed E-state index contributed by atoms with van der Waals surface area (Å²) in [6.07, 6.45) is 1.04. The number of likely N-dealkylation sites (N-methyl/N-ethyl adjacent to an activating group) is 1. The van der Waals surface area contributed by atoms with Crippen molar-refractivity contribution < 1.29 is 22.7 Å². The molecule has 8 nitrogen and oxygen atoms in total. The summed E-state index contributed by atoms with van der Waals surface area (Å²) >= 11 is 0. The first-order valence-corrected chi connectivity index (χ1v) is 12.2. The molecule has 0 spiro atoms. The molecular formula is C23H31N3O5S. The zero-order valence-corrected chi connectivity index (χ0v) is 20.0. The third kappa shape index (κ3) is 6.46. The van der Waals surface area contributed by atoms with Crippen molar-refractivity contribution in [1.82, 2.24) is 10.2 Å². The van der Waals surface area contributed by atoms with Crippen molar-refractivity contribution in [3.05, 3.63) is 59.7 Å². The van der Waals surface area contributed by atoms with Gasteiger partial charge in [-0.3, -0.25) is 13.9 Å². The first-order valence-electron chi connectivity index (χ1n) is 10.3. The van der Waals surface area contributed by atoms with Gasteiger partial charge in [0.15, 0.2) is 0 Å². The van der Waals surface area contributed by atoms with Crippen LogP contribution in [0.2, 0.25) is 0 Å². The van der Waals surface area contributed by atoms with E-state index in [1.165, 1.54) is 12.0 Å². The number of carbonyl (C=O) groups is 2. The Kier molecular flexibility index (Phi) is 8.65. The molecule has 32 heavy (non-hydrogen) atoms. The summed E-state index contributed by atoms with van der Waals surface area (Å²) in [7, 11) is -2.30. The number of amides is 2. The van der Waals surface area contributed by atoms with Gasteiger partial charge in [-0.1, -0.05) is 30.3 Å². The van der Waals surface area contributed by atoms with Crippen LogP contribution >= 0.6 is 0 Å². The molecule has 0 aliphatic heterocycles. The molecule has 0 bridgehead atoms. The van der Waals surface area contributed by atoms with Gasteiger partial charge in [-0.15, -0.1) is 0 Å². The predicted molar refractivity (Wildman–Crippen MR) is 125 cm³/mol. The molecule has 0 aliphatic carbocycles. The van der Waals surface area contributed by atoms with Crippen LogP contribution < -0.4 is 14.4 Å². The number of anilines is 1. The number of hydrogen-bond acceptors (Lipinski definition) is 5. The van der Waals surface area contributed by atoms with Crippen LogP contribution in [0.1, 0.15) is 25.0 Å². The summed E-state index contributed by atoms with van der Waals surface area (Å²) in [4.78, 5) is 27.4. The van der Waals surface area contributed by atoms with E-state index in [2.05, 4.69) is 5.32 Å². The van der Waals surface area contributed by atoms with Gasteiger partial charge in [-0.2, -0.15) is 0 Å². The van der Waals surface area contributed by atoms with Gasteiger partial charge in [0.2, 0.25) is 21.8 Å². The van der Waals surface area contributed by atoms with E-state index < -0.39 is 28.5 Å². The molecular weight excluding hydrogens is 430 g/mol. The first-order chi connectivity index (χ1) is 15.1. The summed E-state index contributed by atoms with van der Waals surface area (Å²) < 4.78 is 31.3. The predicted octanol–water partition coefficient (Wildman–Crippen LogP) is 2.32. The maximum absolute atomic E-state index is 13.4. The quantitative estimate of drug-likeness (QED) is 0.586. The Balaban J connectivity index is 2.41. The van der Waals surface area contributed by atoms with E-state index >= 15 is 0 Å². The smallest absolute Gasteiger partial charge is 0.244 e. The lowest BCUT2D eigenvalue weighted by molar-refractivity contribution is -0.139. The summed E-state index contributed by atoms with van der Waals surface area (Å²) in [6.45, 7) is 5.52. The highest BCUT2D eigenvalue weighted by molar-refractivity contribution is 7.92. The van der Waals surface area contributed by atoms with Crippen LogP contribution in [-0.4, -0.2) is 57.6 Å². The van der Waals surface area contributed by atoms with Crippen molar-refractivity contribution >= 4 is 27.5 Å². The maximum Gasteiger partial charge on any atom is 0.244 e. The van der Waals surface area contributed by atoms with Crippen molar-refractivity contribution in [2.75, 3.05) is 30.8 Å². The molecule has 0 aliphatic rings. The van der Waals surface area contributed by atoms with Crippen molar-refractivity contribution in [3.8, 4) is 5.75 Å². The van der Waals surface area contributed by atoms with E-state index in [1.54, 1.807) is 38.1 Å². The van der Waals surface area contributed by atoms with Crippen molar-refractivity contribution in [2.45, 2.75) is 33.4 Å². The molecule has 0 aromatic heterocycles. The van der Waals surface area contributed by atoms with Gasteiger partial charge in [0, 0.05) is 19.2 Å². The van der Waals surface area contributed by atoms with E-state index in [1.807, 2.05) is 31.2 Å². The first kappa shape index (κ1) is 25.2. The Morgan fingerprint density at radius 3 is 2.41 bits per heavy atom. The zero-order valence-electron chi connectivity index (χ0n) is 19.2. The maximum atomic E-state index is 13.4. The monoisotopic (exact) mass is 461 g/mol. The number of sulfonamides is 1. The number of nitrogens with zero attached hydrogens (tertiary/aromatic N) is 2. The lowest BCUT2D eigenvalue weighted by Gasteiger charge is -2.31. The molecule has 174 valence electrons. The second-order valence-electron chi connectivity index (χ2n) is 7.49. The van der Waals surface area contributed by atoms with Crippen LogP contribution in [0.25, 0.3) is 0 Å². The van der Waals surface area contributed by atoms with Crippen molar-refractivity contribution in [3.63, 3.8) is 0 Å². The zero-order chi connectivity index (χ0) is 23.9. The highest BCUT2D eigenvalue weighted by Gasteiger charge is 2.30. The van der Waals surface area contributed by atoms with Crippen LogP contribution in [0.5, 0.6) is 5.75 Å². The topological polar surface area (TPSA) is 96.0 Å². The fourth-order valence-corrected chi connectivity index (χ4v) is 4.10. The number of ether oxygens (including phenoxy) is 1. The summed E-state index contributed by atoms with van der Waals surface area (Å²) in [5, 5.41) is 2.73. The van der Waals surface area contributed by atoms with E-state index in [0.29, 0.717) is 18.0 Å². The summed E-state index contributed by atoms with van der Waals surface area (Å²) in [5.74, 6) is -0.321. The second-order valence-corrected chi connectivity index (χ2v) is 9.40. The van der Waals surface area contributed by atoms with Gasteiger partial charge in [-0.05, 0) is 44.0 Å².